The minimum Gasteiger partial charge on any atom is -0.497 e. The Hall–Kier alpha value is -3.98. The Balaban J connectivity index is 1.54. The molecule has 8 nitrogen and oxygen atoms in total. The fraction of sp³-hybridized carbons (Fsp3) is 0.250. The predicted octanol–water partition coefficient (Wildman–Crippen LogP) is 5.22. The molecule has 0 aliphatic rings. The number of thioether (sulfide) groups is 1. The van der Waals surface area contributed by atoms with Crippen molar-refractivity contribution in [2.45, 2.75) is 26.0 Å². The molecule has 9 heteroatoms. The quantitative estimate of drug-likeness (QED) is 0.138. The van der Waals surface area contributed by atoms with Gasteiger partial charge in [0.1, 0.15) is 29.7 Å². The second kappa shape index (κ2) is 11.8. The average Bonchev–Trinajstić information content (AvgIpc) is 2.92. The number of amides is 1. The molecule has 0 saturated carbocycles. The number of nitrogens with one attached hydrogen (secondary N) is 1. The van der Waals surface area contributed by atoms with Crippen LogP contribution in [0, 0.1) is 6.92 Å². The average molecular weight is 522 g/mol. The highest BCUT2D eigenvalue weighted by Crippen LogP contribution is 2.32. The second-order valence-electron chi connectivity index (χ2n) is 8.33. The van der Waals surface area contributed by atoms with Gasteiger partial charge in [0.25, 0.3) is 0 Å². The molecule has 1 N–H and O–H groups in total. The van der Waals surface area contributed by atoms with E-state index in [0.29, 0.717) is 45.2 Å². The summed E-state index contributed by atoms with van der Waals surface area (Å²) in [5.74, 6) is 0.774. The molecule has 1 amide bonds. The maximum Gasteiger partial charge on any atom is 0.408 e. The summed E-state index contributed by atoms with van der Waals surface area (Å²) in [6, 6.07) is 16.9. The van der Waals surface area contributed by atoms with Gasteiger partial charge in [-0.05, 0) is 61.2 Å². The monoisotopic (exact) mass is 521 g/mol. The highest BCUT2D eigenvalue weighted by Gasteiger charge is 2.25. The van der Waals surface area contributed by atoms with Crippen LogP contribution in [0.5, 0.6) is 11.5 Å². The standard InChI is InChI=1S/C28H27NO7S/c1-17-24(12-11-21-20-10-9-19(33-2)15-22(20)26(30)36-25(17)21)35-27(31)23(13-14-37-3)29-28(32)34-16-18-7-5-4-6-8-18/h4-12,15,23H,13-14,16H2,1-3H3,(H,29,32)/t23-/m0/s1. The molecule has 0 aliphatic carbocycles. The molecule has 0 bridgehead atoms. The van der Waals surface area contributed by atoms with E-state index >= 15 is 0 Å². The third-order valence-electron chi connectivity index (χ3n) is 5.90. The zero-order chi connectivity index (χ0) is 26.4. The maximum absolute atomic E-state index is 13.1. The number of rotatable bonds is 9. The Kier molecular flexibility index (Phi) is 8.35. The normalized spacial score (nSPS) is 11.8. The van der Waals surface area contributed by atoms with Gasteiger partial charge in [-0.2, -0.15) is 11.8 Å². The molecular weight excluding hydrogens is 494 g/mol. The lowest BCUT2D eigenvalue weighted by atomic mass is 10.0. The van der Waals surface area contributed by atoms with Gasteiger partial charge in [-0.1, -0.05) is 30.3 Å². The Bertz CT molecular complexity index is 1480. The van der Waals surface area contributed by atoms with Gasteiger partial charge < -0.3 is 23.9 Å². The number of hydrogen-bond donors (Lipinski definition) is 1. The Morgan fingerprint density at radius 1 is 1.03 bits per heavy atom. The summed E-state index contributed by atoms with van der Waals surface area (Å²) >= 11 is 1.54. The number of benzene rings is 3. The fourth-order valence-corrected chi connectivity index (χ4v) is 4.37. The summed E-state index contributed by atoms with van der Waals surface area (Å²) in [4.78, 5) is 38.1. The molecule has 1 heterocycles. The van der Waals surface area contributed by atoms with E-state index in [2.05, 4.69) is 5.32 Å². The number of fused-ring (bicyclic) bond motifs is 3. The van der Waals surface area contributed by atoms with Crippen molar-refractivity contribution in [1.82, 2.24) is 5.32 Å². The minimum absolute atomic E-state index is 0.0830. The lowest BCUT2D eigenvalue weighted by molar-refractivity contribution is -0.136. The SMILES string of the molecule is COc1ccc2c(c1)c(=O)oc1c(C)c(OC(=O)[C@H](CCSC)NC(=O)OCc3ccccc3)ccc12. The number of hydrogen-bond acceptors (Lipinski definition) is 8. The highest BCUT2D eigenvalue weighted by molar-refractivity contribution is 7.98. The van der Waals surface area contributed by atoms with Crippen LogP contribution in [0.25, 0.3) is 21.7 Å². The number of esters is 1. The summed E-state index contributed by atoms with van der Waals surface area (Å²) in [6.07, 6.45) is 1.55. The number of ether oxygens (including phenoxy) is 3. The van der Waals surface area contributed by atoms with Crippen LogP contribution >= 0.6 is 11.8 Å². The predicted molar refractivity (Wildman–Crippen MR) is 143 cm³/mol. The summed E-state index contributed by atoms with van der Waals surface area (Å²) < 4.78 is 21.7. The van der Waals surface area contributed by atoms with Gasteiger partial charge in [-0.25, -0.2) is 14.4 Å². The van der Waals surface area contributed by atoms with E-state index in [1.54, 1.807) is 49.0 Å². The smallest absolute Gasteiger partial charge is 0.408 e. The molecule has 3 aromatic carbocycles. The topological polar surface area (TPSA) is 104 Å². The first kappa shape index (κ1) is 26.1. The summed E-state index contributed by atoms with van der Waals surface area (Å²) in [7, 11) is 1.53. The van der Waals surface area contributed by atoms with Crippen molar-refractivity contribution < 1.29 is 28.2 Å². The number of methoxy groups -OCH3 is 1. The second-order valence-corrected chi connectivity index (χ2v) is 9.31. The van der Waals surface area contributed by atoms with Crippen molar-refractivity contribution in [1.29, 1.82) is 0 Å². The van der Waals surface area contributed by atoms with Crippen LogP contribution in [-0.2, 0) is 16.1 Å². The molecule has 0 saturated heterocycles. The van der Waals surface area contributed by atoms with Crippen LogP contribution in [0.4, 0.5) is 4.79 Å². The van der Waals surface area contributed by atoms with Crippen molar-refractivity contribution in [3.8, 4) is 11.5 Å². The maximum atomic E-state index is 13.1. The van der Waals surface area contributed by atoms with Gasteiger partial charge in [0, 0.05) is 16.3 Å². The lowest BCUT2D eigenvalue weighted by Gasteiger charge is -2.18. The number of aryl methyl sites for hydroxylation is 1. The zero-order valence-electron chi connectivity index (χ0n) is 20.7. The van der Waals surface area contributed by atoms with Crippen LogP contribution < -0.4 is 20.4 Å². The van der Waals surface area contributed by atoms with Crippen molar-refractivity contribution in [2.24, 2.45) is 0 Å². The van der Waals surface area contributed by atoms with E-state index < -0.39 is 23.7 Å². The summed E-state index contributed by atoms with van der Waals surface area (Å²) in [5, 5.41) is 4.41. The van der Waals surface area contributed by atoms with Crippen molar-refractivity contribution in [2.75, 3.05) is 19.1 Å². The Morgan fingerprint density at radius 2 is 1.78 bits per heavy atom. The van der Waals surface area contributed by atoms with Gasteiger partial charge in [0.15, 0.2) is 0 Å². The largest absolute Gasteiger partial charge is 0.497 e. The first-order valence-corrected chi connectivity index (χ1v) is 13.0. The zero-order valence-corrected chi connectivity index (χ0v) is 21.6. The molecule has 1 atom stereocenters. The van der Waals surface area contributed by atoms with Crippen LogP contribution in [0.15, 0.2) is 69.9 Å². The van der Waals surface area contributed by atoms with Crippen molar-refractivity contribution >= 4 is 45.6 Å². The van der Waals surface area contributed by atoms with Crippen molar-refractivity contribution in [3.63, 3.8) is 0 Å². The van der Waals surface area contributed by atoms with E-state index in [1.807, 2.05) is 36.6 Å². The van der Waals surface area contributed by atoms with Crippen LogP contribution in [0.1, 0.15) is 17.5 Å². The number of alkyl carbamates (subject to hydrolysis) is 1. The number of carbonyl (C=O) groups excluding carboxylic acids is 2. The van der Waals surface area contributed by atoms with Crippen LogP contribution in [0.2, 0.25) is 0 Å². The molecule has 0 unspecified atom stereocenters. The third-order valence-corrected chi connectivity index (χ3v) is 6.54. The van der Waals surface area contributed by atoms with E-state index in [4.69, 9.17) is 18.6 Å². The van der Waals surface area contributed by atoms with E-state index in [1.165, 1.54) is 7.11 Å². The first-order chi connectivity index (χ1) is 17.9. The third kappa shape index (κ3) is 6.06. The molecule has 192 valence electrons. The number of carbonyl (C=O) groups is 2. The lowest BCUT2D eigenvalue weighted by Crippen LogP contribution is -2.43. The first-order valence-electron chi connectivity index (χ1n) is 11.6. The Morgan fingerprint density at radius 3 is 2.51 bits per heavy atom. The van der Waals surface area contributed by atoms with Crippen molar-refractivity contribution in [3.05, 3.63) is 82.2 Å². The van der Waals surface area contributed by atoms with Gasteiger partial charge in [0.2, 0.25) is 0 Å². The Labute approximate surface area is 217 Å². The van der Waals surface area contributed by atoms with Gasteiger partial charge in [0.05, 0.1) is 12.5 Å². The molecule has 37 heavy (non-hydrogen) atoms. The van der Waals surface area contributed by atoms with Gasteiger partial charge >= 0.3 is 17.7 Å². The molecule has 0 spiro atoms. The van der Waals surface area contributed by atoms with E-state index in [9.17, 15) is 14.4 Å². The highest BCUT2D eigenvalue weighted by atomic mass is 32.2. The van der Waals surface area contributed by atoms with Gasteiger partial charge in [-0.3, -0.25) is 0 Å². The molecule has 0 aliphatic heterocycles. The van der Waals surface area contributed by atoms with Crippen LogP contribution in [0.3, 0.4) is 0 Å². The van der Waals surface area contributed by atoms with Gasteiger partial charge in [-0.15, -0.1) is 0 Å². The molecule has 4 rings (SSSR count). The fourth-order valence-electron chi connectivity index (χ4n) is 3.90. The molecule has 4 aromatic rings. The summed E-state index contributed by atoms with van der Waals surface area (Å²) in [5.41, 5.74) is 1.13. The summed E-state index contributed by atoms with van der Waals surface area (Å²) in [6.45, 7) is 1.79. The molecule has 0 radical (unpaired) electrons. The minimum atomic E-state index is -0.915. The van der Waals surface area contributed by atoms with Crippen LogP contribution in [-0.4, -0.2) is 37.2 Å². The van der Waals surface area contributed by atoms with E-state index in [-0.39, 0.29) is 12.4 Å². The molecule has 1 aromatic heterocycles. The molecule has 0 fully saturated rings. The molecular formula is C28H27NO7S. The van der Waals surface area contributed by atoms with E-state index in [0.717, 1.165) is 5.56 Å².